The van der Waals surface area contributed by atoms with Crippen molar-refractivity contribution in [2.45, 2.75) is 25.2 Å². The van der Waals surface area contributed by atoms with Crippen LogP contribution >= 0.6 is 11.3 Å². The van der Waals surface area contributed by atoms with Crippen molar-refractivity contribution < 1.29 is 9.90 Å². The normalized spacial score (nSPS) is 15.3. The number of rotatable bonds is 3. The van der Waals surface area contributed by atoms with E-state index in [0.717, 1.165) is 23.4 Å². The highest BCUT2D eigenvalue weighted by molar-refractivity contribution is 7.14. The van der Waals surface area contributed by atoms with E-state index in [1.807, 2.05) is 30.3 Å². The molecule has 2 aromatic rings. The first-order valence-corrected chi connectivity index (χ1v) is 6.87. The van der Waals surface area contributed by atoms with Gasteiger partial charge in [0.15, 0.2) is 0 Å². The van der Waals surface area contributed by atoms with Crippen molar-refractivity contribution in [2.75, 3.05) is 0 Å². The van der Waals surface area contributed by atoms with E-state index in [9.17, 15) is 9.90 Å². The fraction of sp³-hybridized carbons (Fsp3) is 0.286. The molecule has 1 N–H and O–H groups in total. The molecule has 0 atom stereocenters. The van der Waals surface area contributed by atoms with Gasteiger partial charge in [-0.15, -0.1) is 11.3 Å². The van der Waals surface area contributed by atoms with Crippen LogP contribution in [-0.4, -0.2) is 16.1 Å². The summed E-state index contributed by atoms with van der Waals surface area (Å²) in [4.78, 5) is 16.2. The van der Waals surface area contributed by atoms with Crippen molar-refractivity contribution in [1.82, 2.24) is 4.98 Å². The highest BCUT2D eigenvalue weighted by atomic mass is 32.1. The maximum atomic E-state index is 11.3. The molecule has 0 aliphatic heterocycles. The first-order chi connectivity index (χ1) is 8.75. The predicted octanol–water partition coefficient (Wildman–Crippen LogP) is 3.78. The molecular formula is C14H13NO2S. The lowest BCUT2D eigenvalue weighted by molar-refractivity contribution is 0.0702. The Kier molecular flexibility index (Phi) is 2.88. The molecule has 1 aromatic heterocycles. The second-order valence-corrected chi connectivity index (χ2v) is 5.56. The molecule has 0 saturated heterocycles. The monoisotopic (exact) mass is 259 g/mol. The largest absolute Gasteiger partial charge is 0.477 e. The van der Waals surface area contributed by atoms with Crippen molar-refractivity contribution in [2.24, 2.45) is 0 Å². The summed E-state index contributed by atoms with van der Waals surface area (Å²) < 4.78 is 0. The maximum Gasteiger partial charge on any atom is 0.348 e. The van der Waals surface area contributed by atoms with Crippen molar-refractivity contribution in [1.29, 1.82) is 0 Å². The molecule has 0 bridgehead atoms. The van der Waals surface area contributed by atoms with E-state index in [4.69, 9.17) is 0 Å². The van der Waals surface area contributed by atoms with Gasteiger partial charge < -0.3 is 5.11 Å². The van der Waals surface area contributed by atoms with Gasteiger partial charge in [-0.2, -0.15) is 0 Å². The minimum Gasteiger partial charge on any atom is -0.477 e. The van der Waals surface area contributed by atoms with Gasteiger partial charge in [0.25, 0.3) is 0 Å². The van der Waals surface area contributed by atoms with E-state index in [-0.39, 0.29) is 0 Å². The molecule has 1 heterocycles. The van der Waals surface area contributed by atoms with Crippen LogP contribution in [0.15, 0.2) is 30.3 Å². The summed E-state index contributed by atoms with van der Waals surface area (Å²) in [6.07, 6.45) is 3.51. The third-order valence-corrected chi connectivity index (χ3v) is 4.55. The van der Waals surface area contributed by atoms with Crippen LogP contribution in [0.4, 0.5) is 0 Å². The molecule has 1 aromatic carbocycles. The Balaban J connectivity index is 2.06. The third-order valence-electron chi connectivity index (χ3n) is 3.34. The smallest absolute Gasteiger partial charge is 0.348 e. The number of thiazole rings is 1. The molecule has 3 nitrogen and oxygen atoms in total. The number of aromatic carboxylic acids is 1. The minimum atomic E-state index is -0.878. The summed E-state index contributed by atoms with van der Waals surface area (Å²) in [7, 11) is 0. The van der Waals surface area contributed by atoms with Crippen LogP contribution in [-0.2, 0) is 0 Å². The number of carbonyl (C=O) groups is 1. The third kappa shape index (κ3) is 1.93. The van der Waals surface area contributed by atoms with Crippen LogP contribution in [0.1, 0.15) is 39.9 Å². The minimum absolute atomic E-state index is 0.364. The number of carboxylic acid groups (broad SMARTS) is 1. The highest BCUT2D eigenvalue weighted by Gasteiger charge is 2.26. The average molecular weight is 259 g/mol. The molecule has 1 fully saturated rings. The molecule has 18 heavy (non-hydrogen) atoms. The predicted molar refractivity (Wildman–Crippen MR) is 71.1 cm³/mol. The fourth-order valence-electron chi connectivity index (χ4n) is 2.10. The Hall–Kier alpha value is -1.68. The number of benzene rings is 1. The lowest BCUT2D eigenvalue weighted by Crippen LogP contribution is -2.07. The summed E-state index contributed by atoms with van der Waals surface area (Å²) in [5.41, 5.74) is 1.51. The van der Waals surface area contributed by atoms with Crippen LogP contribution < -0.4 is 0 Å². The highest BCUT2D eigenvalue weighted by Crippen LogP contribution is 2.41. The fourth-order valence-corrected chi connectivity index (χ4v) is 3.20. The van der Waals surface area contributed by atoms with Crippen molar-refractivity contribution >= 4 is 17.3 Å². The van der Waals surface area contributed by atoms with E-state index in [1.54, 1.807) is 0 Å². The molecule has 1 saturated carbocycles. The lowest BCUT2D eigenvalue weighted by atomic mass is 9.86. The van der Waals surface area contributed by atoms with E-state index < -0.39 is 5.97 Å². The van der Waals surface area contributed by atoms with Crippen molar-refractivity contribution in [3.63, 3.8) is 0 Å². The molecule has 0 spiro atoms. The zero-order valence-electron chi connectivity index (χ0n) is 9.80. The quantitative estimate of drug-likeness (QED) is 0.912. The van der Waals surface area contributed by atoms with E-state index in [2.05, 4.69) is 4.98 Å². The molecular weight excluding hydrogens is 246 g/mol. The van der Waals surface area contributed by atoms with Gasteiger partial charge >= 0.3 is 5.97 Å². The van der Waals surface area contributed by atoms with Crippen LogP contribution in [0.5, 0.6) is 0 Å². The number of nitrogens with zero attached hydrogens (tertiary/aromatic N) is 1. The number of aromatic nitrogens is 1. The summed E-state index contributed by atoms with van der Waals surface area (Å²) in [6.45, 7) is 0. The van der Waals surface area contributed by atoms with Gasteiger partial charge in [0, 0.05) is 11.5 Å². The molecule has 92 valence electrons. The summed E-state index contributed by atoms with van der Waals surface area (Å²) in [5.74, 6) is -0.400. The SMILES string of the molecule is O=C(O)c1sc(C2CCC2)nc1-c1ccccc1. The van der Waals surface area contributed by atoms with Crippen LogP contribution in [0, 0.1) is 0 Å². The molecule has 0 radical (unpaired) electrons. The maximum absolute atomic E-state index is 11.3. The summed E-state index contributed by atoms with van der Waals surface area (Å²) in [6, 6.07) is 9.55. The van der Waals surface area contributed by atoms with Gasteiger partial charge in [-0.1, -0.05) is 36.8 Å². The van der Waals surface area contributed by atoms with E-state index in [1.165, 1.54) is 17.8 Å². The van der Waals surface area contributed by atoms with Gasteiger partial charge in [0.05, 0.1) is 10.7 Å². The first-order valence-electron chi connectivity index (χ1n) is 6.05. The number of hydrogen-bond donors (Lipinski definition) is 1. The summed E-state index contributed by atoms with van der Waals surface area (Å²) >= 11 is 1.34. The van der Waals surface area contributed by atoms with Crippen LogP contribution in [0.2, 0.25) is 0 Å². The van der Waals surface area contributed by atoms with Crippen molar-refractivity contribution in [3.8, 4) is 11.3 Å². The van der Waals surface area contributed by atoms with E-state index >= 15 is 0 Å². The van der Waals surface area contributed by atoms with Gasteiger partial charge in [0.1, 0.15) is 4.88 Å². The summed E-state index contributed by atoms with van der Waals surface area (Å²) in [5, 5.41) is 10.3. The Bertz CT molecular complexity index is 573. The average Bonchev–Trinajstić information content (AvgIpc) is 2.73. The molecule has 0 amide bonds. The second-order valence-electron chi connectivity index (χ2n) is 4.53. The Morgan fingerprint density at radius 1 is 1.28 bits per heavy atom. The lowest BCUT2D eigenvalue weighted by Gasteiger charge is -2.22. The van der Waals surface area contributed by atoms with Gasteiger partial charge in [0.2, 0.25) is 0 Å². The van der Waals surface area contributed by atoms with Gasteiger partial charge in [-0.25, -0.2) is 9.78 Å². The van der Waals surface area contributed by atoms with E-state index in [0.29, 0.717) is 16.5 Å². The van der Waals surface area contributed by atoms with Gasteiger partial charge in [-0.05, 0) is 12.8 Å². The van der Waals surface area contributed by atoms with Crippen molar-refractivity contribution in [3.05, 3.63) is 40.2 Å². The standard InChI is InChI=1S/C14H13NO2S/c16-14(17)12-11(9-5-2-1-3-6-9)15-13(18-12)10-7-4-8-10/h1-3,5-6,10H,4,7-8H2,(H,16,17). The topological polar surface area (TPSA) is 50.2 Å². The first kappa shape index (κ1) is 11.4. The molecule has 1 aliphatic carbocycles. The second kappa shape index (κ2) is 4.53. The van der Waals surface area contributed by atoms with Crippen LogP contribution in [0.25, 0.3) is 11.3 Å². The van der Waals surface area contributed by atoms with Crippen LogP contribution in [0.3, 0.4) is 0 Å². The molecule has 3 rings (SSSR count). The molecule has 0 unspecified atom stereocenters. The number of carboxylic acids is 1. The molecule has 1 aliphatic rings. The van der Waals surface area contributed by atoms with Gasteiger partial charge in [-0.3, -0.25) is 0 Å². The zero-order valence-corrected chi connectivity index (χ0v) is 10.6. The molecule has 4 heteroatoms. The zero-order chi connectivity index (χ0) is 12.5. The Morgan fingerprint density at radius 2 is 2.00 bits per heavy atom. The Morgan fingerprint density at radius 3 is 2.56 bits per heavy atom. The number of hydrogen-bond acceptors (Lipinski definition) is 3. The Labute approximate surface area is 109 Å².